The van der Waals surface area contributed by atoms with Gasteiger partial charge in [-0.25, -0.2) is 0 Å². The second-order valence-corrected chi connectivity index (χ2v) is 7.56. The molecule has 1 aliphatic rings. The highest BCUT2D eigenvalue weighted by Crippen LogP contribution is 2.28. The van der Waals surface area contributed by atoms with E-state index in [1.807, 2.05) is 12.1 Å². The quantitative estimate of drug-likeness (QED) is 0.620. The van der Waals surface area contributed by atoms with Crippen molar-refractivity contribution in [3.8, 4) is 17.6 Å². The molecule has 0 aromatic heterocycles. The minimum Gasteiger partial charge on any atom is -0.493 e. The number of methoxy groups -OCH3 is 1. The molecule has 5 nitrogen and oxygen atoms in total. The van der Waals surface area contributed by atoms with Gasteiger partial charge in [-0.2, -0.15) is 5.26 Å². The van der Waals surface area contributed by atoms with Crippen molar-refractivity contribution >= 4 is 0 Å². The fourth-order valence-electron chi connectivity index (χ4n) is 3.73. The number of hydrogen-bond donors (Lipinski definition) is 1. The van der Waals surface area contributed by atoms with Crippen molar-refractivity contribution in [1.82, 2.24) is 10.2 Å². The van der Waals surface area contributed by atoms with E-state index in [1.54, 1.807) is 7.11 Å². The van der Waals surface area contributed by atoms with Gasteiger partial charge in [0.2, 0.25) is 0 Å². The van der Waals surface area contributed by atoms with Crippen LogP contribution in [0.3, 0.4) is 0 Å². The topological polar surface area (TPSA) is 57.5 Å². The monoisotopic (exact) mass is 393 g/mol. The van der Waals surface area contributed by atoms with Crippen LogP contribution in [0.2, 0.25) is 0 Å². The molecular formula is C24H31N3O2. The molecule has 0 spiro atoms. The molecule has 0 aliphatic carbocycles. The second-order valence-electron chi connectivity index (χ2n) is 7.56. The lowest BCUT2D eigenvalue weighted by atomic mass is 9.99. The molecule has 0 fully saturated rings. The Morgan fingerprint density at radius 2 is 2.00 bits per heavy atom. The Morgan fingerprint density at radius 1 is 1.17 bits per heavy atom. The van der Waals surface area contributed by atoms with Gasteiger partial charge < -0.3 is 14.8 Å². The Balaban J connectivity index is 1.49. The van der Waals surface area contributed by atoms with Crippen molar-refractivity contribution in [1.29, 1.82) is 5.26 Å². The van der Waals surface area contributed by atoms with Gasteiger partial charge in [-0.05, 0) is 48.6 Å². The van der Waals surface area contributed by atoms with Crippen LogP contribution in [-0.2, 0) is 19.5 Å². The van der Waals surface area contributed by atoms with E-state index in [2.05, 4.69) is 53.5 Å². The summed E-state index contributed by atoms with van der Waals surface area (Å²) < 4.78 is 11.2. The SMILES string of the molecule is COc1ccc(CNCC(C)N2CCc3ccccc3C2)cc1OCCCC#N. The predicted molar refractivity (Wildman–Crippen MR) is 115 cm³/mol. The average Bonchev–Trinajstić information content (AvgIpc) is 2.76. The van der Waals surface area contributed by atoms with Crippen molar-refractivity contribution in [2.75, 3.05) is 26.8 Å². The van der Waals surface area contributed by atoms with Crippen LogP contribution in [0.4, 0.5) is 0 Å². The molecular weight excluding hydrogens is 362 g/mol. The third-order valence-corrected chi connectivity index (χ3v) is 5.47. The summed E-state index contributed by atoms with van der Waals surface area (Å²) in [6.45, 7) is 6.68. The summed E-state index contributed by atoms with van der Waals surface area (Å²) in [6.07, 6.45) is 2.35. The van der Waals surface area contributed by atoms with Gasteiger partial charge >= 0.3 is 0 Å². The summed E-state index contributed by atoms with van der Waals surface area (Å²) in [4.78, 5) is 2.55. The van der Waals surface area contributed by atoms with Crippen LogP contribution in [0.25, 0.3) is 0 Å². The van der Waals surface area contributed by atoms with E-state index < -0.39 is 0 Å². The smallest absolute Gasteiger partial charge is 0.161 e. The number of fused-ring (bicyclic) bond motifs is 1. The maximum atomic E-state index is 8.65. The van der Waals surface area contributed by atoms with E-state index in [0.717, 1.165) is 56.1 Å². The van der Waals surface area contributed by atoms with Gasteiger partial charge in [-0.1, -0.05) is 30.3 Å². The molecule has 1 N–H and O–H groups in total. The van der Waals surface area contributed by atoms with E-state index in [1.165, 1.54) is 11.1 Å². The van der Waals surface area contributed by atoms with E-state index in [0.29, 0.717) is 19.1 Å². The lowest BCUT2D eigenvalue weighted by Gasteiger charge is -2.34. The molecule has 2 aromatic carbocycles. The zero-order valence-electron chi connectivity index (χ0n) is 17.5. The van der Waals surface area contributed by atoms with Gasteiger partial charge in [0.1, 0.15) is 0 Å². The Hall–Kier alpha value is -2.55. The molecule has 1 aliphatic heterocycles. The lowest BCUT2D eigenvalue weighted by molar-refractivity contribution is 0.186. The second kappa shape index (κ2) is 10.8. The first-order chi connectivity index (χ1) is 14.2. The first-order valence-corrected chi connectivity index (χ1v) is 10.4. The minimum absolute atomic E-state index is 0.475. The van der Waals surface area contributed by atoms with Crippen LogP contribution in [0.15, 0.2) is 42.5 Å². The first-order valence-electron chi connectivity index (χ1n) is 10.4. The molecule has 0 saturated heterocycles. The average molecular weight is 394 g/mol. The van der Waals surface area contributed by atoms with Gasteiger partial charge in [0.05, 0.1) is 19.8 Å². The van der Waals surface area contributed by atoms with Crippen LogP contribution < -0.4 is 14.8 Å². The highest BCUT2D eigenvalue weighted by atomic mass is 16.5. The van der Waals surface area contributed by atoms with Gasteiger partial charge in [-0.15, -0.1) is 0 Å². The number of nitriles is 1. The fourth-order valence-corrected chi connectivity index (χ4v) is 3.73. The Bertz CT molecular complexity index is 831. The van der Waals surface area contributed by atoms with E-state index in [9.17, 15) is 0 Å². The summed E-state index contributed by atoms with van der Waals surface area (Å²) in [7, 11) is 1.65. The van der Waals surface area contributed by atoms with Gasteiger partial charge in [-0.3, -0.25) is 4.90 Å². The molecule has 0 saturated carbocycles. The molecule has 3 rings (SSSR count). The van der Waals surface area contributed by atoms with E-state index >= 15 is 0 Å². The molecule has 5 heteroatoms. The summed E-state index contributed by atoms with van der Waals surface area (Å²) in [5.41, 5.74) is 4.11. The summed E-state index contributed by atoms with van der Waals surface area (Å²) in [5, 5.41) is 12.2. The highest BCUT2D eigenvalue weighted by Gasteiger charge is 2.20. The summed E-state index contributed by atoms with van der Waals surface area (Å²) in [5.74, 6) is 1.47. The standard InChI is InChI=1S/C24H31N3O2/c1-19(27-13-11-21-7-3-4-8-22(21)18-27)16-26-17-20-9-10-23(28-2)24(15-20)29-14-6-5-12-25/h3-4,7-10,15,19,26H,5-6,11,13-14,16-18H2,1-2H3. The number of unbranched alkanes of at least 4 members (excludes halogenated alkanes) is 1. The van der Waals surface area contributed by atoms with Crippen LogP contribution in [-0.4, -0.2) is 37.7 Å². The molecule has 154 valence electrons. The Labute approximate surface area is 174 Å². The van der Waals surface area contributed by atoms with Crippen LogP contribution in [0.1, 0.15) is 36.5 Å². The number of nitrogens with one attached hydrogen (secondary N) is 1. The molecule has 1 heterocycles. The van der Waals surface area contributed by atoms with E-state index in [4.69, 9.17) is 14.7 Å². The number of benzene rings is 2. The zero-order chi connectivity index (χ0) is 20.5. The van der Waals surface area contributed by atoms with Crippen molar-refractivity contribution < 1.29 is 9.47 Å². The largest absolute Gasteiger partial charge is 0.493 e. The lowest BCUT2D eigenvalue weighted by Crippen LogP contribution is -2.42. The number of hydrogen-bond acceptors (Lipinski definition) is 5. The van der Waals surface area contributed by atoms with Gasteiger partial charge in [0, 0.05) is 38.6 Å². The molecule has 29 heavy (non-hydrogen) atoms. The minimum atomic E-state index is 0.475. The summed E-state index contributed by atoms with van der Waals surface area (Å²) in [6, 6.07) is 17.4. The highest BCUT2D eigenvalue weighted by molar-refractivity contribution is 5.43. The molecule has 1 atom stereocenters. The fraction of sp³-hybridized carbons (Fsp3) is 0.458. The van der Waals surface area contributed by atoms with Crippen LogP contribution >= 0.6 is 0 Å². The number of rotatable bonds is 10. The number of ether oxygens (including phenoxy) is 2. The Morgan fingerprint density at radius 3 is 2.79 bits per heavy atom. The molecule has 0 amide bonds. The molecule has 1 unspecified atom stereocenters. The third-order valence-electron chi connectivity index (χ3n) is 5.47. The molecule has 2 aromatic rings. The Kier molecular flexibility index (Phi) is 7.92. The van der Waals surface area contributed by atoms with Crippen molar-refractivity contribution in [3.05, 3.63) is 59.2 Å². The predicted octanol–water partition coefficient (Wildman–Crippen LogP) is 3.91. The molecule has 0 bridgehead atoms. The van der Waals surface area contributed by atoms with Gasteiger partial charge in [0.25, 0.3) is 0 Å². The molecule has 0 radical (unpaired) electrons. The van der Waals surface area contributed by atoms with Crippen molar-refractivity contribution in [2.24, 2.45) is 0 Å². The maximum absolute atomic E-state index is 8.65. The summed E-state index contributed by atoms with van der Waals surface area (Å²) >= 11 is 0. The third kappa shape index (κ3) is 5.96. The van der Waals surface area contributed by atoms with Crippen molar-refractivity contribution in [3.63, 3.8) is 0 Å². The van der Waals surface area contributed by atoms with Gasteiger partial charge in [0.15, 0.2) is 11.5 Å². The zero-order valence-corrected chi connectivity index (χ0v) is 17.5. The van der Waals surface area contributed by atoms with E-state index in [-0.39, 0.29) is 0 Å². The van der Waals surface area contributed by atoms with Crippen LogP contribution in [0.5, 0.6) is 11.5 Å². The van der Waals surface area contributed by atoms with Crippen LogP contribution in [0, 0.1) is 11.3 Å². The number of nitrogens with zero attached hydrogens (tertiary/aromatic N) is 2. The normalized spacial score (nSPS) is 14.7. The first kappa shape index (κ1) is 21.2. The maximum Gasteiger partial charge on any atom is 0.161 e. The van der Waals surface area contributed by atoms with Crippen molar-refractivity contribution in [2.45, 2.75) is 45.3 Å².